The molecule has 0 saturated heterocycles. The SMILES string of the molecule is C=C1C=C(N(c2ccccc2)c2ccc(N(c3ccc(N(c4ccccc4)c4cccc(C)c4)cc3)c3ccc(N(c4ccccc4)c4cccc(C)c4)cc3)cc2)C=CC1. The fraction of sp³-hybridized carbons (Fsp3) is 0.0526. The molecule has 0 bridgehead atoms. The topological polar surface area (TPSA) is 13.0 Å². The first-order chi connectivity index (χ1) is 30.0. The van der Waals surface area contributed by atoms with Crippen LogP contribution < -0.4 is 19.6 Å². The van der Waals surface area contributed by atoms with E-state index in [4.69, 9.17) is 0 Å². The van der Waals surface area contributed by atoms with Gasteiger partial charge in [0, 0.05) is 68.3 Å². The third kappa shape index (κ3) is 8.52. The summed E-state index contributed by atoms with van der Waals surface area (Å²) < 4.78 is 0. The van der Waals surface area contributed by atoms with E-state index in [1.807, 2.05) is 0 Å². The van der Waals surface area contributed by atoms with Crippen molar-refractivity contribution in [3.8, 4) is 0 Å². The average molecular weight is 789 g/mol. The second-order valence-corrected chi connectivity index (χ2v) is 15.4. The predicted molar refractivity (Wildman–Crippen MR) is 260 cm³/mol. The van der Waals surface area contributed by atoms with Crippen LogP contribution in [0.1, 0.15) is 17.5 Å². The molecule has 296 valence electrons. The Morgan fingerprint density at radius 3 is 0.967 bits per heavy atom. The zero-order valence-corrected chi connectivity index (χ0v) is 34.6. The first kappa shape index (κ1) is 38.7. The molecule has 1 aliphatic carbocycles. The highest BCUT2D eigenvalue weighted by Crippen LogP contribution is 2.42. The second kappa shape index (κ2) is 17.6. The van der Waals surface area contributed by atoms with Crippen LogP contribution in [-0.4, -0.2) is 0 Å². The molecule has 61 heavy (non-hydrogen) atoms. The maximum atomic E-state index is 4.28. The van der Waals surface area contributed by atoms with Gasteiger partial charge in [0.05, 0.1) is 0 Å². The van der Waals surface area contributed by atoms with Gasteiger partial charge in [-0.3, -0.25) is 0 Å². The number of rotatable bonds is 12. The number of allylic oxidation sites excluding steroid dienone is 4. The molecule has 1 aliphatic rings. The molecule has 0 aromatic heterocycles. The lowest BCUT2D eigenvalue weighted by Crippen LogP contribution is -2.17. The molecule has 0 spiro atoms. The summed E-state index contributed by atoms with van der Waals surface area (Å²) in [6.45, 7) is 8.57. The lowest BCUT2D eigenvalue weighted by Gasteiger charge is -2.31. The van der Waals surface area contributed by atoms with E-state index in [0.29, 0.717) is 0 Å². The predicted octanol–water partition coefficient (Wildman–Crippen LogP) is 16.3. The van der Waals surface area contributed by atoms with Crippen molar-refractivity contribution in [1.82, 2.24) is 0 Å². The molecule has 0 unspecified atom stereocenters. The van der Waals surface area contributed by atoms with Crippen LogP contribution in [0, 0.1) is 13.8 Å². The molecular formula is C57H48N4. The number of nitrogens with zero attached hydrogens (tertiary/aromatic N) is 4. The van der Waals surface area contributed by atoms with E-state index in [0.717, 1.165) is 80.3 Å². The molecule has 0 radical (unpaired) electrons. The van der Waals surface area contributed by atoms with Crippen molar-refractivity contribution in [2.45, 2.75) is 20.3 Å². The van der Waals surface area contributed by atoms with Crippen molar-refractivity contribution in [1.29, 1.82) is 0 Å². The van der Waals surface area contributed by atoms with Gasteiger partial charge in [-0.2, -0.15) is 0 Å². The molecule has 4 nitrogen and oxygen atoms in total. The highest BCUT2D eigenvalue weighted by atomic mass is 15.2. The van der Waals surface area contributed by atoms with Gasteiger partial charge in [-0.25, -0.2) is 0 Å². The Hall–Kier alpha value is -7.82. The second-order valence-electron chi connectivity index (χ2n) is 15.4. The van der Waals surface area contributed by atoms with Crippen LogP contribution in [0.3, 0.4) is 0 Å². The van der Waals surface area contributed by atoms with Gasteiger partial charge < -0.3 is 19.6 Å². The maximum absolute atomic E-state index is 4.28. The van der Waals surface area contributed by atoms with Crippen molar-refractivity contribution >= 4 is 62.6 Å². The minimum atomic E-state index is 0.861. The number of aryl methyl sites for hydroxylation is 2. The summed E-state index contributed by atoms with van der Waals surface area (Å²) in [5.41, 5.74) is 16.5. The van der Waals surface area contributed by atoms with Gasteiger partial charge in [-0.1, -0.05) is 91.5 Å². The number of hydrogen-bond donors (Lipinski definition) is 0. The van der Waals surface area contributed by atoms with Gasteiger partial charge in [0.2, 0.25) is 0 Å². The summed E-state index contributed by atoms with van der Waals surface area (Å²) in [7, 11) is 0. The van der Waals surface area contributed by atoms with Crippen LogP contribution in [0.4, 0.5) is 62.6 Å². The van der Waals surface area contributed by atoms with Gasteiger partial charge in [-0.15, -0.1) is 0 Å². The molecule has 0 saturated carbocycles. The van der Waals surface area contributed by atoms with E-state index in [-0.39, 0.29) is 0 Å². The summed E-state index contributed by atoms with van der Waals surface area (Å²) in [6.07, 6.45) is 7.42. The zero-order valence-electron chi connectivity index (χ0n) is 34.6. The number of hydrogen-bond acceptors (Lipinski definition) is 4. The molecule has 8 aromatic carbocycles. The molecule has 0 aliphatic heterocycles. The molecule has 0 atom stereocenters. The summed E-state index contributed by atoms with van der Waals surface area (Å²) >= 11 is 0. The Bertz CT molecular complexity index is 2660. The van der Waals surface area contributed by atoms with Crippen LogP contribution in [0.5, 0.6) is 0 Å². The van der Waals surface area contributed by atoms with Crippen LogP contribution >= 0.6 is 0 Å². The Morgan fingerprint density at radius 1 is 0.328 bits per heavy atom. The first-order valence-corrected chi connectivity index (χ1v) is 20.8. The highest BCUT2D eigenvalue weighted by molar-refractivity contribution is 5.84. The van der Waals surface area contributed by atoms with Crippen LogP contribution in [0.25, 0.3) is 0 Å². The molecule has 4 heteroatoms. The number of benzene rings is 8. The summed E-state index contributed by atoms with van der Waals surface area (Å²) in [5.74, 6) is 0. The van der Waals surface area contributed by atoms with Crippen molar-refractivity contribution in [3.63, 3.8) is 0 Å². The van der Waals surface area contributed by atoms with Gasteiger partial charge in [0.25, 0.3) is 0 Å². The number of para-hydroxylation sites is 3. The molecule has 0 fully saturated rings. The van der Waals surface area contributed by atoms with E-state index in [1.54, 1.807) is 0 Å². The molecule has 0 heterocycles. The number of anilines is 11. The third-order valence-corrected chi connectivity index (χ3v) is 10.9. The smallest absolute Gasteiger partial charge is 0.0464 e. The summed E-state index contributed by atoms with van der Waals surface area (Å²) in [6, 6.07) is 75.7. The highest BCUT2D eigenvalue weighted by Gasteiger charge is 2.20. The van der Waals surface area contributed by atoms with Crippen LogP contribution in [0.15, 0.2) is 248 Å². The monoisotopic (exact) mass is 788 g/mol. The van der Waals surface area contributed by atoms with Crippen molar-refractivity contribution < 1.29 is 0 Å². The van der Waals surface area contributed by atoms with Crippen LogP contribution in [0.2, 0.25) is 0 Å². The summed E-state index contributed by atoms with van der Waals surface area (Å²) in [4.78, 5) is 9.27. The molecule has 9 rings (SSSR count). The maximum Gasteiger partial charge on any atom is 0.0464 e. The van der Waals surface area contributed by atoms with E-state index < -0.39 is 0 Å². The standard InChI is InChI=1S/C57H48N4/c1-43-16-13-25-55(40-43)59(46-19-7-4-8-20-46)52-34-28-49(29-35-52)58(50-30-36-53(37-31-50)60(47-21-9-5-10-22-47)56-26-14-17-44(2)41-56)51-32-38-54(39-33-51)61(48-23-11-6-12-24-48)57-27-15-18-45(3)42-57/h4-15,17-42H,1,16H2,2-3H3. The van der Waals surface area contributed by atoms with E-state index in [1.165, 1.54) is 11.1 Å². The molecule has 0 N–H and O–H groups in total. The quantitative estimate of drug-likeness (QED) is 0.122. The van der Waals surface area contributed by atoms with Gasteiger partial charge in [-0.05, 0) is 183 Å². The average Bonchev–Trinajstić information content (AvgIpc) is 3.30. The first-order valence-electron chi connectivity index (χ1n) is 20.8. The van der Waals surface area contributed by atoms with Crippen molar-refractivity contribution in [3.05, 3.63) is 260 Å². The minimum absolute atomic E-state index is 0.861. The van der Waals surface area contributed by atoms with E-state index in [9.17, 15) is 0 Å². The Kier molecular flexibility index (Phi) is 11.1. The summed E-state index contributed by atoms with van der Waals surface area (Å²) in [5, 5.41) is 0. The molecule has 0 amide bonds. The molecular weight excluding hydrogens is 741 g/mol. The van der Waals surface area contributed by atoms with Crippen molar-refractivity contribution in [2.75, 3.05) is 19.6 Å². The van der Waals surface area contributed by atoms with E-state index in [2.05, 4.69) is 271 Å². The fourth-order valence-electron chi connectivity index (χ4n) is 8.09. The van der Waals surface area contributed by atoms with Crippen LogP contribution in [-0.2, 0) is 0 Å². The zero-order chi connectivity index (χ0) is 41.5. The fourth-order valence-corrected chi connectivity index (χ4v) is 8.09. The van der Waals surface area contributed by atoms with Gasteiger partial charge >= 0.3 is 0 Å². The van der Waals surface area contributed by atoms with E-state index >= 15 is 0 Å². The Balaban J connectivity index is 1.13. The lowest BCUT2D eigenvalue weighted by atomic mass is 10.1. The van der Waals surface area contributed by atoms with Gasteiger partial charge in [0.1, 0.15) is 0 Å². The lowest BCUT2D eigenvalue weighted by molar-refractivity contribution is 1.15. The van der Waals surface area contributed by atoms with Crippen molar-refractivity contribution in [2.24, 2.45) is 0 Å². The Morgan fingerprint density at radius 2 is 0.623 bits per heavy atom. The minimum Gasteiger partial charge on any atom is -0.311 e. The molecule has 8 aromatic rings. The largest absolute Gasteiger partial charge is 0.311 e. The normalized spacial score (nSPS) is 12.1. The third-order valence-electron chi connectivity index (χ3n) is 10.9. The Labute approximate surface area is 360 Å². The van der Waals surface area contributed by atoms with Gasteiger partial charge in [0.15, 0.2) is 0 Å².